The van der Waals surface area contributed by atoms with E-state index in [-0.39, 0.29) is 110 Å². The van der Waals surface area contributed by atoms with Crippen LogP contribution >= 0.6 is 0 Å². The molecule has 86 heavy (non-hydrogen) atoms. The lowest BCUT2D eigenvalue weighted by atomic mass is 9.83. The predicted molar refractivity (Wildman–Crippen MR) is 329 cm³/mol. The third-order valence-corrected chi connectivity index (χ3v) is 18.8. The van der Waals surface area contributed by atoms with E-state index in [1.807, 2.05) is 7.05 Å². The Morgan fingerprint density at radius 3 is 0.663 bits per heavy atom. The Bertz CT molecular complexity index is 1660. The number of hydrogen-bond acceptors (Lipinski definition) is 17. The molecule has 0 aromatic rings. The van der Waals surface area contributed by atoms with Crippen LogP contribution in [0.5, 0.6) is 0 Å². The zero-order valence-electron chi connectivity index (χ0n) is 54.3. The van der Waals surface area contributed by atoms with Crippen LogP contribution in [0.2, 0.25) is 0 Å². The Morgan fingerprint density at radius 2 is 0.477 bits per heavy atom. The van der Waals surface area contributed by atoms with Gasteiger partial charge in [-0.2, -0.15) is 0 Å². The van der Waals surface area contributed by atoms with Crippen molar-refractivity contribution in [2.75, 3.05) is 73.0 Å². The van der Waals surface area contributed by atoms with E-state index >= 15 is 0 Å². The molecule has 0 amide bonds. The molecule has 494 valence electrons. The molecule has 0 atom stereocenters. The zero-order chi connectivity index (χ0) is 62.2. The first-order valence-electron chi connectivity index (χ1n) is 34.7. The van der Waals surface area contributed by atoms with Gasteiger partial charge in [0.05, 0.1) is 52.9 Å². The summed E-state index contributed by atoms with van der Waals surface area (Å²) < 4.78 is 46.0. The minimum Gasteiger partial charge on any atom is -0.465 e. The van der Waals surface area contributed by atoms with Gasteiger partial charge in [0.15, 0.2) is 11.8 Å². The molecule has 0 radical (unpaired) electrons. The highest BCUT2D eigenvalue weighted by molar-refractivity contribution is 5.95. The van der Waals surface area contributed by atoms with Crippen LogP contribution in [-0.4, -0.2) is 126 Å². The molecule has 17 heteroatoms. The lowest BCUT2D eigenvalue weighted by Crippen LogP contribution is -2.33. The van der Waals surface area contributed by atoms with Crippen molar-refractivity contribution in [3.8, 4) is 0 Å². The topological polar surface area (TPSA) is 214 Å². The first-order chi connectivity index (χ1) is 41.7. The summed E-state index contributed by atoms with van der Waals surface area (Å²) in [5, 5.41) is 0. The van der Waals surface area contributed by atoms with E-state index in [1.165, 1.54) is 0 Å². The molecule has 0 aromatic carbocycles. The second-order valence-electron chi connectivity index (χ2n) is 26.3. The second-order valence-corrected chi connectivity index (χ2v) is 26.3. The number of unbranched alkanes of at least 4 members (excludes halogenated alkanes) is 8. The fourth-order valence-corrected chi connectivity index (χ4v) is 12.6. The third-order valence-electron chi connectivity index (χ3n) is 18.8. The Labute approximate surface area is 517 Å². The van der Waals surface area contributed by atoms with E-state index in [0.717, 1.165) is 180 Å². The maximum atomic E-state index is 13.9. The minimum absolute atomic E-state index is 0.140. The average molecular weight is 1220 g/mol. The number of nitrogens with zero attached hydrogens (tertiary/aromatic N) is 1. The van der Waals surface area contributed by atoms with Crippen LogP contribution in [0.15, 0.2) is 0 Å². The summed E-state index contributed by atoms with van der Waals surface area (Å²) >= 11 is 0. The highest BCUT2D eigenvalue weighted by Crippen LogP contribution is 2.34. The highest BCUT2D eigenvalue weighted by atomic mass is 16.6. The SMILES string of the molecule is CCCCCC(=O)OCC1CCC(COC(=O)C(CCCN(C)CCCC(C(=O)OCC2CCC(COC(=O)CCCCC)CC2)C(=O)OCC2CCC(COC(=O)CCCCC)CC2)C(=O)OCC2CCC(COC(=O)CCCCC)CC2)CC1. The lowest BCUT2D eigenvalue weighted by molar-refractivity contribution is -0.166. The van der Waals surface area contributed by atoms with Crippen LogP contribution in [0.4, 0.5) is 0 Å². The van der Waals surface area contributed by atoms with Gasteiger partial charge in [0.2, 0.25) is 0 Å². The smallest absolute Gasteiger partial charge is 0.320 e. The molecule has 17 nitrogen and oxygen atoms in total. The summed E-state index contributed by atoms with van der Waals surface area (Å²) in [7, 11) is 1.94. The maximum Gasteiger partial charge on any atom is 0.320 e. The van der Waals surface area contributed by atoms with Crippen molar-refractivity contribution in [3.05, 3.63) is 0 Å². The lowest BCUT2D eigenvalue weighted by Gasteiger charge is -2.29. The van der Waals surface area contributed by atoms with E-state index in [0.29, 0.717) is 78.0 Å². The number of esters is 8. The van der Waals surface area contributed by atoms with Crippen molar-refractivity contribution in [2.24, 2.45) is 59.2 Å². The number of ether oxygens (including phenoxy) is 8. The Morgan fingerprint density at radius 1 is 0.291 bits per heavy atom. The molecule has 0 N–H and O–H groups in total. The van der Waals surface area contributed by atoms with E-state index < -0.39 is 35.7 Å². The van der Waals surface area contributed by atoms with Gasteiger partial charge in [0, 0.05) is 25.7 Å². The largest absolute Gasteiger partial charge is 0.465 e. The second kappa shape index (κ2) is 45.0. The summed E-state index contributed by atoms with van der Waals surface area (Å²) in [6.45, 7) is 12.0. The van der Waals surface area contributed by atoms with Gasteiger partial charge in [0.1, 0.15) is 0 Å². The molecular weight excluding hydrogens is 1100 g/mol. The van der Waals surface area contributed by atoms with E-state index in [2.05, 4.69) is 32.6 Å². The fourth-order valence-electron chi connectivity index (χ4n) is 12.6. The van der Waals surface area contributed by atoms with Crippen LogP contribution < -0.4 is 0 Å². The molecule has 0 unspecified atom stereocenters. The Balaban J connectivity index is 1.29. The van der Waals surface area contributed by atoms with Gasteiger partial charge in [-0.15, -0.1) is 0 Å². The first kappa shape index (κ1) is 74.2. The van der Waals surface area contributed by atoms with Crippen molar-refractivity contribution in [1.29, 1.82) is 0 Å². The molecule has 0 spiro atoms. The molecule has 4 rings (SSSR count). The van der Waals surface area contributed by atoms with E-state index in [9.17, 15) is 38.4 Å². The van der Waals surface area contributed by atoms with Crippen LogP contribution in [0.25, 0.3) is 0 Å². The van der Waals surface area contributed by atoms with E-state index in [1.54, 1.807) is 0 Å². The van der Waals surface area contributed by atoms with Crippen LogP contribution in [0, 0.1) is 59.2 Å². The number of carbonyl (C=O) groups excluding carboxylic acids is 8. The van der Waals surface area contributed by atoms with Gasteiger partial charge < -0.3 is 42.8 Å². The van der Waals surface area contributed by atoms with Gasteiger partial charge in [-0.25, -0.2) is 0 Å². The molecular formula is C69H117NO16. The van der Waals surface area contributed by atoms with Crippen LogP contribution in [-0.2, 0) is 76.3 Å². The highest BCUT2D eigenvalue weighted by Gasteiger charge is 2.35. The summed E-state index contributed by atoms with van der Waals surface area (Å²) in [5.74, 6) is -3.34. The van der Waals surface area contributed by atoms with Crippen molar-refractivity contribution in [2.45, 2.75) is 259 Å². The molecule has 4 saturated carbocycles. The summed E-state index contributed by atoms with van der Waals surface area (Å²) in [4.78, 5) is 106. The summed E-state index contributed by atoms with van der Waals surface area (Å²) in [6.07, 6.45) is 28.6. The molecule has 0 heterocycles. The van der Waals surface area contributed by atoms with Gasteiger partial charge in [-0.3, -0.25) is 38.4 Å². The van der Waals surface area contributed by atoms with Gasteiger partial charge >= 0.3 is 47.8 Å². The summed E-state index contributed by atoms with van der Waals surface area (Å²) in [6, 6.07) is 0. The Hall–Kier alpha value is -4.28. The van der Waals surface area contributed by atoms with Crippen molar-refractivity contribution >= 4 is 47.8 Å². The third kappa shape index (κ3) is 32.3. The van der Waals surface area contributed by atoms with Crippen molar-refractivity contribution in [1.82, 2.24) is 4.90 Å². The van der Waals surface area contributed by atoms with Gasteiger partial charge in [0.25, 0.3) is 0 Å². The standard InChI is InChI=1S/C69H117NO16/c1-6-10-14-22-62(71)79-44-52-26-34-56(35-27-52)48-83-66(75)60(67(76)84-49-57-36-28-53(29-37-57)45-80-63(72)23-15-11-7-2)20-18-42-70(5)43-19-21-61(68(77)85-50-58-38-30-54(31-39-58)46-81-64(73)24-16-12-8-3)69(78)86-51-59-40-32-55(33-41-59)47-82-65(74)25-17-13-9-4/h52-61H,6-51H2,1-5H3. The number of rotatable bonds is 44. The van der Waals surface area contributed by atoms with Crippen molar-refractivity contribution < 1.29 is 76.3 Å². The van der Waals surface area contributed by atoms with E-state index in [4.69, 9.17) is 37.9 Å². The van der Waals surface area contributed by atoms with Crippen molar-refractivity contribution in [3.63, 3.8) is 0 Å². The fraction of sp³-hybridized carbons (Fsp3) is 0.884. The average Bonchev–Trinajstić information content (AvgIpc) is 3.71. The van der Waals surface area contributed by atoms with Crippen LogP contribution in [0.1, 0.15) is 259 Å². The number of carbonyl (C=O) groups is 8. The molecule has 0 bridgehead atoms. The molecule has 4 fully saturated rings. The maximum absolute atomic E-state index is 13.9. The normalized spacial score (nSPS) is 23.0. The van der Waals surface area contributed by atoms with Crippen LogP contribution in [0.3, 0.4) is 0 Å². The molecule has 0 aliphatic heterocycles. The molecule has 4 aliphatic rings. The quantitative estimate of drug-likeness (QED) is 0.0240. The van der Waals surface area contributed by atoms with Gasteiger partial charge in [-0.05, 0) is 222 Å². The zero-order valence-corrected chi connectivity index (χ0v) is 54.3. The first-order valence-corrected chi connectivity index (χ1v) is 34.7. The predicted octanol–water partition coefficient (Wildman–Crippen LogP) is 13.6. The van der Waals surface area contributed by atoms with Gasteiger partial charge in [-0.1, -0.05) is 79.1 Å². The summed E-state index contributed by atoms with van der Waals surface area (Å²) in [5.41, 5.74) is 0. The molecule has 0 saturated heterocycles. The Kier molecular flexibility index (Phi) is 38.9. The molecule has 4 aliphatic carbocycles. The monoisotopic (exact) mass is 1220 g/mol. The molecule has 0 aromatic heterocycles. The minimum atomic E-state index is -1.09. The number of hydrogen-bond donors (Lipinski definition) is 0.